The summed E-state index contributed by atoms with van der Waals surface area (Å²) in [5, 5.41) is 7.02. The fourth-order valence-corrected chi connectivity index (χ4v) is 8.75. The van der Waals surface area contributed by atoms with Crippen molar-refractivity contribution in [2.24, 2.45) is 17.8 Å². The summed E-state index contributed by atoms with van der Waals surface area (Å²) in [5.74, 6) is 2.83. The van der Waals surface area contributed by atoms with Crippen molar-refractivity contribution in [3.63, 3.8) is 0 Å². The van der Waals surface area contributed by atoms with Crippen LogP contribution in [0.1, 0.15) is 107 Å². The highest BCUT2D eigenvalue weighted by Gasteiger charge is 2.50. The highest BCUT2D eigenvalue weighted by Crippen LogP contribution is 2.55. The normalized spacial score (nSPS) is 29.8. The number of aromatic nitrogens is 2. The largest absolute Gasteiger partial charge is 0.311 e. The van der Waals surface area contributed by atoms with Gasteiger partial charge in [0.15, 0.2) is 0 Å². The van der Waals surface area contributed by atoms with Crippen LogP contribution in [-0.4, -0.2) is 33.4 Å². The minimum atomic E-state index is -0.683. The lowest BCUT2D eigenvalue weighted by Crippen LogP contribution is -2.58. The molecule has 5 aliphatic rings. The first-order valence-corrected chi connectivity index (χ1v) is 15.5. The second-order valence-electron chi connectivity index (χ2n) is 13.1. The van der Waals surface area contributed by atoms with Crippen molar-refractivity contribution >= 4 is 22.7 Å². The molecule has 0 radical (unpaired) electrons. The first-order valence-electron chi connectivity index (χ1n) is 15.5. The van der Waals surface area contributed by atoms with Gasteiger partial charge in [0.2, 0.25) is 11.8 Å². The molecule has 2 aromatic rings. The molecular weight excluding hydrogens is 488 g/mol. The number of piperidine rings is 1. The Labute approximate surface area is 231 Å². The Bertz CT molecular complexity index is 1260. The number of benzene rings is 1. The van der Waals surface area contributed by atoms with Crippen molar-refractivity contribution in [1.82, 2.24) is 20.2 Å². The van der Waals surface area contributed by atoms with E-state index < -0.39 is 11.9 Å². The van der Waals surface area contributed by atoms with Gasteiger partial charge in [0.05, 0.1) is 10.9 Å². The predicted octanol–water partition coefficient (Wildman–Crippen LogP) is 5.12. The van der Waals surface area contributed by atoms with Crippen LogP contribution in [0.2, 0.25) is 0 Å². The minimum Gasteiger partial charge on any atom is -0.311 e. The van der Waals surface area contributed by atoms with Crippen molar-refractivity contribution in [1.29, 1.82) is 0 Å². The summed E-state index contributed by atoms with van der Waals surface area (Å²) in [5.41, 5.74) is 2.00. The van der Waals surface area contributed by atoms with Crippen LogP contribution in [0.5, 0.6) is 0 Å². The van der Waals surface area contributed by atoms with Gasteiger partial charge < -0.3 is 5.32 Å². The summed E-state index contributed by atoms with van der Waals surface area (Å²) in [4.78, 5) is 42.3. The zero-order chi connectivity index (χ0) is 27.0. The number of aryl methyl sites for hydroxylation is 2. The summed E-state index contributed by atoms with van der Waals surface area (Å²) < 4.78 is 1.49. The number of carbonyl (C=O) groups excluding carboxylic acids is 2. The minimum absolute atomic E-state index is 0.172. The average Bonchev–Trinajstić information content (AvgIpc) is 2.88. The van der Waals surface area contributed by atoms with Crippen LogP contribution >= 0.6 is 0 Å². The number of nitrogens with zero attached hydrogens (tertiary/aromatic N) is 2. The Morgan fingerprint density at radius 2 is 1.62 bits per heavy atom. The SMILES string of the molecule is Cc1nc2cccc(CCCCCCCCNC34CC5CC(CC(C5)C3)C4)c2c(=O)n1C1CCC(=O)NC1=O. The molecule has 7 heteroatoms. The third kappa shape index (κ3) is 5.57. The number of nitrogens with one attached hydrogen (secondary N) is 2. The maximum atomic E-state index is 13.6. The second-order valence-corrected chi connectivity index (χ2v) is 13.1. The lowest BCUT2D eigenvalue weighted by Gasteiger charge is -2.57. The lowest BCUT2D eigenvalue weighted by molar-refractivity contribution is -0.135. The van der Waals surface area contributed by atoms with Crippen LogP contribution in [0, 0.1) is 24.7 Å². The molecule has 4 saturated carbocycles. The third-order valence-electron chi connectivity index (χ3n) is 10.1. The number of unbranched alkanes of at least 4 members (excludes halogenated alkanes) is 5. The van der Waals surface area contributed by atoms with E-state index in [0.717, 1.165) is 42.6 Å². The van der Waals surface area contributed by atoms with E-state index in [4.69, 9.17) is 0 Å². The van der Waals surface area contributed by atoms with Gasteiger partial charge in [-0.3, -0.25) is 24.3 Å². The molecular formula is C32H44N4O3. The van der Waals surface area contributed by atoms with Gasteiger partial charge in [-0.15, -0.1) is 0 Å². The number of fused-ring (bicyclic) bond motifs is 1. The highest BCUT2D eigenvalue weighted by atomic mass is 16.2. The zero-order valence-electron chi connectivity index (χ0n) is 23.5. The molecule has 1 atom stereocenters. The summed E-state index contributed by atoms with van der Waals surface area (Å²) >= 11 is 0. The van der Waals surface area contributed by atoms with E-state index in [1.54, 1.807) is 6.92 Å². The topological polar surface area (TPSA) is 93.1 Å². The van der Waals surface area contributed by atoms with Crippen molar-refractivity contribution in [2.75, 3.05) is 6.54 Å². The Morgan fingerprint density at radius 1 is 0.949 bits per heavy atom. The van der Waals surface area contributed by atoms with E-state index in [9.17, 15) is 14.4 Å². The van der Waals surface area contributed by atoms with Gasteiger partial charge in [-0.2, -0.15) is 0 Å². The molecule has 2 N–H and O–H groups in total. The molecule has 39 heavy (non-hydrogen) atoms. The van der Waals surface area contributed by atoms with Crippen LogP contribution in [0.4, 0.5) is 0 Å². The quantitative estimate of drug-likeness (QED) is 0.309. The van der Waals surface area contributed by atoms with Crippen molar-refractivity contribution < 1.29 is 9.59 Å². The number of carbonyl (C=O) groups is 2. The maximum absolute atomic E-state index is 13.6. The van der Waals surface area contributed by atoms with E-state index in [-0.39, 0.29) is 17.9 Å². The van der Waals surface area contributed by atoms with E-state index in [2.05, 4.69) is 15.6 Å². The molecule has 7 rings (SSSR count). The molecule has 2 amide bonds. The zero-order valence-corrected chi connectivity index (χ0v) is 23.5. The monoisotopic (exact) mass is 532 g/mol. The van der Waals surface area contributed by atoms with Crippen molar-refractivity contribution in [3.8, 4) is 0 Å². The molecule has 1 unspecified atom stereocenters. The molecule has 7 nitrogen and oxygen atoms in total. The van der Waals surface area contributed by atoms with Gasteiger partial charge >= 0.3 is 0 Å². The number of amides is 2. The Morgan fingerprint density at radius 3 is 2.31 bits per heavy atom. The molecule has 1 aromatic heterocycles. The van der Waals surface area contributed by atoms with Crippen molar-refractivity contribution in [2.45, 2.75) is 115 Å². The molecule has 5 fully saturated rings. The average molecular weight is 533 g/mol. The first-order chi connectivity index (χ1) is 18.9. The van der Waals surface area contributed by atoms with Gasteiger partial charge in [0.1, 0.15) is 11.9 Å². The number of hydrogen-bond acceptors (Lipinski definition) is 5. The molecule has 2 heterocycles. The molecule has 1 aliphatic heterocycles. The maximum Gasteiger partial charge on any atom is 0.262 e. The fraction of sp³-hybridized carbons (Fsp3) is 0.688. The second kappa shape index (κ2) is 11.1. The molecule has 210 valence electrons. The van der Waals surface area contributed by atoms with Crippen LogP contribution in [0.3, 0.4) is 0 Å². The van der Waals surface area contributed by atoms with E-state index in [1.807, 2.05) is 18.2 Å². The van der Waals surface area contributed by atoms with Gasteiger partial charge in [-0.25, -0.2) is 4.98 Å². The van der Waals surface area contributed by atoms with E-state index in [0.29, 0.717) is 28.7 Å². The van der Waals surface area contributed by atoms with E-state index >= 15 is 0 Å². The van der Waals surface area contributed by atoms with Gasteiger partial charge in [0.25, 0.3) is 5.56 Å². The molecule has 1 aromatic carbocycles. The Balaban J connectivity index is 0.973. The molecule has 0 spiro atoms. The number of rotatable bonds is 11. The molecule has 4 bridgehead atoms. The van der Waals surface area contributed by atoms with Crippen LogP contribution in [-0.2, 0) is 16.0 Å². The van der Waals surface area contributed by atoms with Crippen LogP contribution in [0.15, 0.2) is 23.0 Å². The predicted molar refractivity (Wildman–Crippen MR) is 152 cm³/mol. The van der Waals surface area contributed by atoms with Gasteiger partial charge in [0, 0.05) is 12.0 Å². The first kappa shape index (κ1) is 26.7. The number of imide groups is 1. The number of hydrogen-bond donors (Lipinski definition) is 2. The molecule has 4 aliphatic carbocycles. The smallest absolute Gasteiger partial charge is 0.262 e. The highest BCUT2D eigenvalue weighted by molar-refractivity contribution is 5.99. The van der Waals surface area contributed by atoms with Gasteiger partial charge in [-0.05, 0) is 107 Å². The van der Waals surface area contributed by atoms with Crippen LogP contribution in [0.25, 0.3) is 10.9 Å². The Hall–Kier alpha value is -2.54. The van der Waals surface area contributed by atoms with Crippen LogP contribution < -0.4 is 16.2 Å². The van der Waals surface area contributed by atoms with Gasteiger partial charge in [-0.1, -0.05) is 37.8 Å². The third-order valence-corrected chi connectivity index (χ3v) is 10.1. The van der Waals surface area contributed by atoms with Crippen molar-refractivity contribution in [3.05, 3.63) is 39.9 Å². The lowest BCUT2D eigenvalue weighted by atomic mass is 9.53. The summed E-state index contributed by atoms with van der Waals surface area (Å²) in [6, 6.07) is 5.18. The summed E-state index contributed by atoms with van der Waals surface area (Å²) in [6.07, 6.45) is 17.5. The molecule has 1 saturated heterocycles. The summed E-state index contributed by atoms with van der Waals surface area (Å²) in [7, 11) is 0. The van der Waals surface area contributed by atoms with E-state index in [1.165, 1.54) is 75.3 Å². The summed E-state index contributed by atoms with van der Waals surface area (Å²) in [6.45, 7) is 2.93. The standard InChI is InChI=1S/C32H44N4O3/c1-21-34-26-11-8-10-25(29(26)31(39)36(21)27-12-13-28(37)35-30(27)38)9-6-4-2-3-5-7-14-33-32-18-22-15-23(19-32)17-24(16-22)20-32/h8,10-11,22-24,27,33H,2-7,9,12-20H2,1H3,(H,35,37,38). The fourth-order valence-electron chi connectivity index (χ4n) is 8.75. The Kier molecular flexibility index (Phi) is 7.62.